The number of β-amino-alcohol motifs (C(OH)–C–C–N with tert-alkyl or cyclic N) is 1. The minimum atomic E-state index is -1.33. The van der Waals surface area contributed by atoms with Crippen molar-refractivity contribution in [2.45, 2.75) is 83.1 Å². The van der Waals surface area contributed by atoms with Gasteiger partial charge in [0, 0.05) is 56.9 Å². The highest BCUT2D eigenvalue weighted by Gasteiger charge is 2.42. The molecule has 0 spiro atoms. The Balaban J connectivity index is 1.23. The molecule has 5 N–H and O–H groups in total. The summed E-state index contributed by atoms with van der Waals surface area (Å²) in [4.78, 5) is 67.3. The van der Waals surface area contributed by atoms with E-state index in [0.29, 0.717) is 32.7 Å². The van der Waals surface area contributed by atoms with Crippen LogP contribution in [0.3, 0.4) is 0 Å². The second-order valence-corrected chi connectivity index (χ2v) is 16.3. The van der Waals surface area contributed by atoms with Gasteiger partial charge in [0.05, 0.1) is 49.3 Å². The van der Waals surface area contributed by atoms with Gasteiger partial charge in [0.15, 0.2) is 0 Å². The number of aliphatic hydroxyl groups excluding tert-OH is 2. The molecule has 4 heterocycles. The third-order valence-corrected chi connectivity index (χ3v) is 11.9. The maximum absolute atomic E-state index is 14.5. The number of urea groups is 1. The lowest BCUT2D eigenvalue weighted by atomic mass is 9.95. The number of thiazole rings is 1. The second kappa shape index (κ2) is 20.7. The third-order valence-electron chi connectivity index (χ3n) is 11.0. The number of carbonyl (C=O) groups excluding carboxylic acids is 3. The Hall–Kier alpha value is -5.46. The Morgan fingerprint density at radius 3 is 2.47 bits per heavy atom. The van der Waals surface area contributed by atoms with E-state index in [4.69, 9.17) is 4.74 Å². The van der Waals surface area contributed by atoms with Crippen LogP contribution in [0.2, 0.25) is 0 Å². The maximum atomic E-state index is 14.5. The van der Waals surface area contributed by atoms with Crippen LogP contribution in [0.5, 0.6) is 0 Å². The molecule has 6 atom stereocenters. The Kier molecular flexibility index (Phi) is 15.2. The fraction of sp³-hybridized carbons (Fsp3) is 0.442. The molecule has 6 rings (SSSR count). The molecule has 2 aliphatic heterocycles. The zero-order valence-electron chi connectivity index (χ0n) is 34.1. The lowest BCUT2D eigenvalue weighted by Gasteiger charge is -2.35. The number of carboxylic acid groups (broad SMARTS) is 1. The minimum absolute atomic E-state index is 0.0811. The van der Waals surface area contributed by atoms with Crippen LogP contribution in [0.4, 0.5) is 9.59 Å². The van der Waals surface area contributed by atoms with E-state index in [2.05, 4.69) is 20.7 Å². The maximum Gasteiger partial charge on any atom is 0.408 e. The van der Waals surface area contributed by atoms with Crippen molar-refractivity contribution in [3.8, 4) is 11.3 Å². The van der Waals surface area contributed by atoms with Crippen LogP contribution in [0, 0.1) is 5.92 Å². The number of ether oxygens (including phenoxy) is 1. The fourth-order valence-electron chi connectivity index (χ4n) is 7.70. The van der Waals surface area contributed by atoms with Gasteiger partial charge in [0.25, 0.3) is 5.91 Å². The molecule has 2 aromatic heterocycles. The van der Waals surface area contributed by atoms with E-state index in [1.54, 1.807) is 23.1 Å². The lowest BCUT2D eigenvalue weighted by molar-refractivity contribution is -0.132. The number of carbonyl (C=O) groups is 4. The quantitative estimate of drug-likeness (QED) is 0.0862. The number of rotatable bonds is 19. The summed E-state index contributed by atoms with van der Waals surface area (Å²) < 4.78 is 5.19. The monoisotopic (exact) mass is 842 g/mol. The van der Waals surface area contributed by atoms with Crippen LogP contribution in [-0.4, -0.2) is 133 Å². The number of nitrogens with zero attached hydrogens (tertiary/aromatic N) is 6. The number of pyridine rings is 1. The van der Waals surface area contributed by atoms with E-state index in [1.807, 2.05) is 92.0 Å². The van der Waals surface area contributed by atoms with E-state index in [9.17, 15) is 34.5 Å². The number of hydrogen-bond acceptors (Lipinski definition) is 11. The van der Waals surface area contributed by atoms with Gasteiger partial charge in [-0.1, -0.05) is 80.9 Å². The van der Waals surface area contributed by atoms with Crippen LogP contribution in [-0.2, 0) is 40.4 Å². The van der Waals surface area contributed by atoms with Gasteiger partial charge in [-0.05, 0) is 35.6 Å². The molecule has 0 saturated carbocycles. The fourth-order valence-corrected chi connectivity index (χ4v) is 8.46. The SMILES string of the molecule is CC[C@H](C)[C@@H](C(=O)N[C@@H](Cc1ccccc1)[C@@H](O)CN(Cc1ccc(-c2ccccn2)cc1)NC(=O)C1CC(O)CN1C(=O)O)N1CCN(Cc2csc(COC)n2)C1=O. The standard InChI is InChI=1S/C43H54N8O8S/c1-4-28(2)39(50-19-18-48(42(50)56)23-32-27-60-38(45-32)26-59-3)41(55)46-35(20-29-10-6-5-7-11-29)37(53)25-49(47-40(54)36-21-33(52)24-51(36)43(57)58)22-30-13-15-31(16-14-30)34-12-8-9-17-44-34/h5-17,27-28,33,35-37,39,52-53H,4,18-26H2,1-3H3,(H,46,55)(H,47,54)(H,57,58)/t28-,33?,35-,36?,37-,39-/m0/s1. The first-order chi connectivity index (χ1) is 28.9. The smallest absolute Gasteiger partial charge is 0.408 e. The molecule has 2 unspecified atom stereocenters. The summed E-state index contributed by atoms with van der Waals surface area (Å²) in [7, 11) is 1.60. The van der Waals surface area contributed by atoms with E-state index in [-0.39, 0.29) is 44.4 Å². The molecule has 17 heteroatoms. The average Bonchev–Trinajstić information content (AvgIpc) is 3.97. The molecule has 2 fully saturated rings. The number of methoxy groups -OCH3 is 1. The number of aromatic nitrogens is 2. The summed E-state index contributed by atoms with van der Waals surface area (Å²) in [5, 5.41) is 39.5. The van der Waals surface area contributed by atoms with Gasteiger partial charge in [-0.15, -0.1) is 11.3 Å². The van der Waals surface area contributed by atoms with Crippen molar-refractivity contribution in [2.75, 3.05) is 33.3 Å². The van der Waals surface area contributed by atoms with Gasteiger partial charge in [-0.3, -0.25) is 24.9 Å². The largest absolute Gasteiger partial charge is 0.465 e. The summed E-state index contributed by atoms with van der Waals surface area (Å²) >= 11 is 1.46. The second-order valence-electron chi connectivity index (χ2n) is 15.4. The molecule has 0 aliphatic carbocycles. The molecule has 16 nitrogen and oxygen atoms in total. The molecule has 60 heavy (non-hydrogen) atoms. The Bertz CT molecular complexity index is 2040. The molecule has 320 valence electrons. The Labute approximate surface area is 353 Å². The molecule has 2 aliphatic rings. The van der Waals surface area contributed by atoms with Gasteiger partial charge in [0.2, 0.25) is 5.91 Å². The minimum Gasteiger partial charge on any atom is -0.465 e. The number of likely N-dealkylation sites (tertiary alicyclic amines) is 1. The Morgan fingerprint density at radius 2 is 1.78 bits per heavy atom. The van der Waals surface area contributed by atoms with E-state index in [0.717, 1.165) is 38.0 Å². The topological polar surface area (TPSA) is 201 Å². The predicted octanol–water partition coefficient (Wildman–Crippen LogP) is 3.74. The molecule has 2 aromatic carbocycles. The zero-order valence-corrected chi connectivity index (χ0v) is 34.9. The Morgan fingerprint density at radius 1 is 1.03 bits per heavy atom. The molecule has 2 saturated heterocycles. The number of aliphatic hydroxyl groups is 2. The van der Waals surface area contributed by atoms with Gasteiger partial charge in [-0.25, -0.2) is 19.6 Å². The van der Waals surface area contributed by atoms with Crippen molar-refractivity contribution in [1.29, 1.82) is 0 Å². The summed E-state index contributed by atoms with van der Waals surface area (Å²) in [6.07, 6.45) is -1.12. The van der Waals surface area contributed by atoms with Crippen molar-refractivity contribution in [3.63, 3.8) is 0 Å². The number of nitrogens with one attached hydrogen (secondary N) is 2. The van der Waals surface area contributed by atoms with Crippen LogP contribution >= 0.6 is 11.3 Å². The third kappa shape index (κ3) is 11.2. The first-order valence-corrected chi connectivity index (χ1v) is 21.1. The highest BCUT2D eigenvalue weighted by molar-refractivity contribution is 7.09. The lowest BCUT2D eigenvalue weighted by Crippen LogP contribution is -2.59. The molecule has 0 bridgehead atoms. The van der Waals surface area contributed by atoms with Crippen LogP contribution in [0.15, 0.2) is 84.4 Å². The molecule has 5 amide bonds. The zero-order chi connectivity index (χ0) is 42.8. The number of hydrazine groups is 1. The first-order valence-electron chi connectivity index (χ1n) is 20.2. The number of amides is 5. The summed E-state index contributed by atoms with van der Waals surface area (Å²) in [5.41, 5.74) is 6.85. The van der Waals surface area contributed by atoms with Crippen molar-refractivity contribution < 1.29 is 39.2 Å². The van der Waals surface area contributed by atoms with Crippen molar-refractivity contribution >= 4 is 35.3 Å². The number of benzene rings is 2. The highest BCUT2D eigenvalue weighted by atomic mass is 32.1. The van der Waals surface area contributed by atoms with E-state index < -0.39 is 48.2 Å². The van der Waals surface area contributed by atoms with Crippen molar-refractivity contribution in [1.82, 2.24) is 40.4 Å². The van der Waals surface area contributed by atoms with Crippen LogP contribution < -0.4 is 10.7 Å². The van der Waals surface area contributed by atoms with Crippen LogP contribution in [0.25, 0.3) is 11.3 Å². The predicted molar refractivity (Wildman–Crippen MR) is 224 cm³/mol. The van der Waals surface area contributed by atoms with Crippen LogP contribution in [0.1, 0.15) is 48.5 Å². The van der Waals surface area contributed by atoms with Crippen molar-refractivity contribution in [3.05, 3.63) is 106 Å². The van der Waals surface area contributed by atoms with Gasteiger partial charge in [0.1, 0.15) is 17.1 Å². The highest BCUT2D eigenvalue weighted by Crippen LogP contribution is 2.25. The van der Waals surface area contributed by atoms with Gasteiger partial charge < -0.3 is 35.2 Å². The molecule has 4 aromatic rings. The van der Waals surface area contributed by atoms with E-state index in [1.165, 1.54) is 16.3 Å². The molecular weight excluding hydrogens is 789 g/mol. The van der Waals surface area contributed by atoms with Gasteiger partial charge in [-0.2, -0.15) is 0 Å². The summed E-state index contributed by atoms with van der Waals surface area (Å²) in [6.45, 7) is 5.07. The van der Waals surface area contributed by atoms with Gasteiger partial charge >= 0.3 is 12.1 Å². The average molecular weight is 843 g/mol. The van der Waals surface area contributed by atoms with E-state index >= 15 is 0 Å². The molecular formula is C43H54N8O8S. The normalized spacial score (nSPS) is 18.7. The molecule has 0 radical (unpaired) electrons. The number of hydrogen-bond donors (Lipinski definition) is 5. The first kappa shape index (κ1) is 44.1. The van der Waals surface area contributed by atoms with Crippen molar-refractivity contribution in [2.24, 2.45) is 5.92 Å². The summed E-state index contributed by atoms with van der Waals surface area (Å²) in [5.74, 6) is -1.29. The summed E-state index contributed by atoms with van der Waals surface area (Å²) in [6, 6.07) is 19.4.